The minimum atomic E-state index is 0.440. The normalized spacial score (nSPS) is 9.42. The lowest BCUT2D eigenvalue weighted by molar-refractivity contribution is 1.10. The second kappa shape index (κ2) is 3.17. The average molecular weight is 161 g/mol. The number of nitrogens with zero attached hydrogens (tertiary/aromatic N) is 2. The van der Waals surface area contributed by atoms with Crippen molar-refractivity contribution in [2.24, 2.45) is 0 Å². The van der Waals surface area contributed by atoms with Crippen LogP contribution in [0.4, 0.5) is 5.82 Å². The zero-order chi connectivity index (χ0) is 9.14. The summed E-state index contributed by atoms with van der Waals surface area (Å²) in [5.74, 6) is 0.440. The van der Waals surface area contributed by atoms with E-state index in [2.05, 4.69) is 23.1 Å². The largest absolute Gasteiger partial charge is 0.382 e. The van der Waals surface area contributed by atoms with Crippen LogP contribution in [0.3, 0.4) is 0 Å². The van der Waals surface area contributed by atoms with Crippen LogP contribution in [0.25, 0.3) is 12.2 Å². The fraction of sp³-hybridized carbons (Fsp3) is 0.111. The molecule has 0 atom stereocenters. The number of rotatable bonds is 2. The molecule has 1 rings (SSSR count). The van der Waals surface area contributed by atoms with E-state index < -0.39 is 0 Å². The molecule has 0 saturated carbocycles. The Morgan fingerprint density at radius 1 is 1.17 bits per heavy atom. The summed E-state index contributed by atoms with van der Waals surface area (Å²) < 4.78 is 0. The van der Waals surface area contributed by atoms with Gasteiger partial charge in [0, 0.05) is 0 Å². The van der Waals surface area contributed by atoms with Gasteiger partial charge in [0.15, 0.2) is 0 Å². The molecule has 1 aromatic rings. The summed E-state index contributed by atoms with van der Waals surface area (Å²) in [6.07, 6.45) is 3.25. The van der Waals surface area contributed by atoms with Crippen LogP contribution >= 0.6 is 0 Å². The Kier molecular flexibility index (Phi) is 2.24. The second-order valence-corrected chi connectivity index (χ2v) is 2.37. The maximum atomic E-state index is 5.56. The van der Waals surface area contributed by atoms with E-state index in [1.807, 2.05) is 6.92 Å². The highest BCUT2D eigenvalue weighted by Crippen LogP contribution is 2.11. The summed E-state index contributed by atoms with van der Waals surface area (Å²) in [6, 6.07) is 0. The van der Waals surface area contributed by atoms with Gasteiger partial charge in [-0.3, -0.25) is 0 Å². The first-order valence-electron chi connectivity index (χ1n) is 3.58. The summed E-state index contributed by atoms with van der Waals surface area (Å²) >= 11 is 0. The third kappa shape index (κ3) is 1.34. The quantitative estimate of drug-likeness (QED) is 0.717. The van der Waals surface area contributed by atoms with Gasteiger partial charge in [-0.25, -0.2) is 9.97 Å². The summed E-state index contributed by atoms with van der Waals surface area (Å²) in [5, 5.41) is 0. The van der Waals surface area contributed by atoms with Crippen molar-refractivity contribution in [3.63, 3.8) is 0 Å². The molecule has 0 spiro atoms. The van der Waals surface area contributed by atoms with E-state index >= 15 is 0 Å². The Morgan fingerprint density at radius 2 is 1.67 bits per heavy atom. The SMILES string of the molecule is C=Cc1nc(C)c(N)nc1C=C. The molecule has 0 aliphatic heterocycles. The Bertz CT molecular complexity index is 296. The molecule has 0 saturated heterocycles. The minimum Gasteiger partial charge on any atom is -0.382 e. The minimum absolute atomic E-state index is 0.440. The van der Waals surface area contributed by atoms with Gasteiger partial charge in [-0.1, -0.05) is 13.2 Å². The van der Waals surface area contributed by atoms with E-state index in [1.54, 1.807) is 12.2 Å². The Labute approximate surface area is 71.7 Å². The van der Waals surface area contributed by atoms with Gasteiger partial charge in [-0.05, 0) is 19.1 Å². The standard InChI is InChI=1S/C9H11N3/c1-4-7-8(5-2)12-9(10)6(3)11-7/h4-5H,1-2H2,3H3,(H2,10,12). The molecule has 0 fully saturated rings. The number of aromatic nitrogens is 2. The highest BCUT2D eigenvalue weighted by Gasteiger charge is 2.02. The molecule has 12 heavy (non-hydrogen) atoms. The van der Waals surface area contributed by atoms with Crippen LogP contribution in [0.15, 0.2) is 13.2 Å². The predicted molar refractivity (Wildman–Crippen MR) is 51.4 cm³/mol. The van der Waals surface area contributed by atoms with Crippen molar-refractivity contribution in [2.75, 3.05) is 5.73 Å². The van der Waals surface area contributed by atoms with Crippen molar-refractivity contribution < 1.29 is 0 Å². The van der Waals surface area contributed by atoms with E-state index in [1.165, 1.54) is 0 Å². The Morgan fingerprint density at radius 3 is 2.17 bits per heavy atom. The Hall–Kier alpha value is -1.64. The first-order valence-corrected chi connectivity index (χ1v) is 3.58. The number of aryl methyl sites for hydroxylation is 1. The smallest absolute Gasteiger partial charge is 0.145 e. The van der Waals surface area contributed by atoms with E-state index in [0.29, 0.717) is 11.5 Å². The second-order valence-electron chi connectivity index (χ2n) is 2.37. The molecule has 0 aliphatic rings. The molecular formula is C9H11N3. The maximum Gasteiger partial charge on any atom is 0.145 e. The van der Waals surface area contributed by atoms with Gasteiger partial charge in [0.05, 0.1) is 17.1 Å². The van der Waals surface area contributed by atoms with Gasteiger partial charge < -0.3 is 5.73 Å². The van der Waals surface area contributed by atoms with Crippen LogP contribution in [0.2, 0.25) is 0 Å². The summed E-state index contributed by atoms with van der Waals surface area (Å²) in [4.78, 5) is 8.27. The van der Waals surface area contributed by atoms with Crippen LogP contribution in [0, 0.1) is 6.92 Å². The van der Waals surface area contributed by atoms with Crippen molar-refractivity contribution >= 4 is 18.0 Å². The molecule has 0 bridgehead atoms. The first-order chi connectivity index (χ1) is 5.69. The number of hydrogen-bond acceptors (Lipinski definition) is 3. The predicted octanol–water partition coefficient (Wildman–Crippen LogP) is 1.65. The molecule has 3 nitrogen and oxygen atoms in total. The summed E-state index contributed by atoms with van der Waals surface area (Å²) in [5.41, 5.74) is 7.68. The number of hydrogen-bond donors (Lipinski definition) is 1. The molecule has 62 valence electrons. The van der Waals surface area contributed by atoms with Crippen LogP contribution in [0.1, 0.15) is 17.1 Å². The van der Waals surface area contributed by atoms with Gasteiger partial charge in [0.25, 0.3) is 0 Å². The average Bonchev–Trinajstić information content (AvgIpc) is 2.09. The van der Waals surface area contributed by atoms with Crippen LogP contribution in [-0.4, -0.2) is 9.97 Å². The van der Waals surface area contributed by atoms with Crippen molar-refractivity contribution in [3.8, 4) is 0 Å². The number of anilines is 1. The first kappa shape index (κ1) is 8.46. The topological polar surface area (TPSA) is 51.8 Å². The Balaban J connectivity index is 3.37. The molecule has 1 heterocycles. The molecule has 1 aromatic heterocycles. The van der Waals surface area contributed by atoms with Crippen LogP contribution < -0.4 is 5.73 Å². The van der Waals surface area contributed by atoms with Gasteiger partial charge in [-0.15, -0.1) is 0 Å². The fourth-order valence-electron chi connectivity index (χ4n) is 0.864. The molecule has 0 aromatic carbocycles. The van der Waals surface area contributed by atoms with Gasteiger partial charge in [0.2, 0.25) is 0 Å². The molecule has 2 N–H and O–H groups in total. The van der Waals surface area contributed by atoms with Gasteiger partial charge in [0.1, 0.15) is 5.82 Å². The number of nitrogen functional groups attached to an aromatic ring is 1. The van der Waals surface area contributed by atoms with E-state index in [-0.39, 0.29) is 0 Å². The lowest BCUT2D eigenvalue weighted by Gasteiger charge is -2.03. The monoisotopic (exact) mass is 161 g/mol. The molecule has 0 unspecified atom stereocenters. The zero-order valence-corrected chi connectivity index (χ0v) is 7.04. The van der Waals surface area contributed by atoms with E-state index in [9.17, 15) is 0 Å². The third-order valence-corrected chi connectivity index (χ3v) is 1.55. The molecule has 0 amide bonds. The van der Waals surface area contributed by atoms with Crippen molar-refractivity contribution in [3.05, 3.63) is 30.2 Å². The van der Waals surface area contributed by atoms with E-state index in [4.69, 9.17) is 5.73 Å². The highest BCUT2D eigenvalue weighted by atomic mass is 14.9. The molecular weight excluding hydrogens is 150 g/mol. The van der Waals surface area contributed by atoms with Gasteiger partial charge in [-0.2, -0.15) is 0 Å². The highest BCUT2D eigenvalue weighted by molar-refractivity contribution is 5.59. The van der Waals surface area contributed by atoms with E-state index in [0.717, 1.165) is 11.4 Å². The molecule has 0 radical (unpaired) electrons. The number of nitrogens with two attached hydrogens (primary N) is 1. The van der Waals surface area contributed by atoms with Crippen molar-refractivity contribution in [1.82, 2.24) is 9.97 Å². The molecule has 0 aliphatic carbocycles. The lowest BCUT2D eigenvalue weighted by Crippen LogP contribution is -2.01. The lowest BCUT2D eigenvalue weighted by atomic mass is 10.2. The summed E-state index contributed by atoms with van der Waals surface area (Å²) in [7, 11) is 0. The summed E-state index contributed by atoms with van der Waals surface area (Å²) in [6.45, 7) is 9.03. The molecule has 3 heteroatoms. The zero-order valence-electron chi connectivity index (χ0n) is 7.04. The van der Waals surface area contributed by atoms with Crippen molar-refractivity contribution in [2.45, 2.75) is 6.92 Å². The fourth-order valence-corrected chi connectivity index (χ4v) is 0.864. The van der Waals surface area contributed by atoms with Crippen LogP contribution in [0.5, 0.6) is 0 Å². The van der Waals surface area contributed by atoms with Crippen molar-refractivity contribution in [1.29, 1.82) is 0 Å². The third-order valence-electron chi connectivity index (χ3n) is 1.55. The maximum absolute atomic E-state index is 5.56. The van der Waals surface area contributed by atoms with Gasteiger partial charge >= 0.3 is 0 Å². The van der Waals surface area contributed by atoms with Crippen LogP contribution in [-0.2, 0) is 0 Å².